The van der Waals surface area contributed by atoms with Gasteiger partial charge in [0.25, 0.3) is 12.9 Å². The van der Waals surface area contributed by atoms with Crippen LogP contribution in [0.5, 0.6) is 0 Å². The molecule has 3 N–H and O–H groups in total. The molecule has 1 aromatic heterocycles. The molecule has 6 heteroatoms. The second kappa shape index (κ2) is 12.6. The van der Waals surface area contributed by atoms with E-state index in [1.807, 2.05) is 0 Å². The summed E-state index contributed by atoms with van der Waals surface area (Å²) < 4.78 is 0. The highest BCUT2D eigenvalue weighted by Crippen LogP contribution is 1.67. The first-order valence-corrected chi connectivity index (χ1v) is 3.02. The van der Waals surface area contributed by atoms with E-state index >= 15 is 0 Å². The maximum Gasteiger partial charge on any atom is 0.290 e. The van der Waals surface area contributed by atoms with Gasteiger partial charge in [-0.25, -0.2) is 0 Å². The minimum atomic E-state index is -0.250. The predicted octanol–water partition coefficient (Wildman–Crippen LogP) is -0.223. The zero-order valence-corrected chi connectivity index (χ0v) is 6.58. The Hall–Kier alpha value is -2.11. The molecule has 0 saturated heterocycles. The lowest BCUT2D eigenvalue weighted by atomic mass is 10.5. The number of carbonyl (C=O) groups is 2. The van der Waals surface area contributed by atoms with Gasteiger partial charge in [-0.05, 0) is 6.07 Å². The summed E-state index contributed by atoms with van der Waals surface area (Å²) in [5.74, 6) is 0. The van der Waals surface area contributed by atoms with Crippen LogP contribution in [0.1, 0.15) is 0 Å². The molecule has 0 aromatic carbocycles. The largest absolute Gasteiger partial charge is 0.483 e. The molecule has 0 aliphatic rings. The summed E-state index contributed by atoms with van der Waals surface area (Å²) in [6, 6.07) is 4.93. The maximum atomic E-state index is 10.2. The van der Waals surface area contributed by atoms with Crippen molar-refractivity contribution < 1.29 is 19.8 Å². The Morgan fingerprint density at radius 3 is 1.77 bits per heavy atom. The highest BCUT2D eigenvalue weighted by Gasteiger charge is 1.69. The number of pyridine rings is 1. The molecule has 1 aromatic rings. The van der Waals surface area contributed by atoms with Gasteiger partial charge >= 0.3 is 0 Å². The molecule has 0 unspecified atom stereocenters. The van der Waals surface area contributed by atoms with Crippen molar-refractivity contribution in [2.75, 3.05) is 0 Å². The Labute approximate surface area is 73.5 Å². The Morgan fingerprint density at radius 2 is 1.62 bits per heavy atom. The topological polar surface area (TPSA) is 107 Å². The van der Waals surface area contributed by atoms with Gasteiger partial charge in [-0.15, -0.1) is 0 Å². The normalized spacial score (nSPS) is 6.46. The van der Waals surface area contributed by atoms with Crippen LogP contribution in [0.4, 0.5) is 0 Å². The number of carboxylic acid groups (broad SMARTS) is 2. The summed E-state index contributed by atoms with van der Waals surface area (Å²) in [6.45, 7) is -0.500. The lowest BCUT2D eigenvalue weighted by Crippen LogP contribution is -1.98. The lowest BCUT2D eigenvalue weighted by Gasteiger charge is -1.73. The van der Waals surface area contributed by atoms with Crippen molar-refractivity contribution in [3.05, 3.63) is 34.7 Å². The molecule has 0 amide bonds. The molecule has 0 radical (unpaired) electrons. The highest BCUT2D eigenvalue weighted by atomic mass is 16.3. The summed E-state index contributed by atoms with van der Waals surface area (Å²) in [5.41, 5.74) is -0.0532. The van der Waals surface area contributed by atoms with E-state index in [-0.39, 0.29) is 18.5 Å². The van der Waals surface area contributed by atoms with Gasteiger partial charge in [0.2, 0.25) is 5.56 Å². The third-order valence-electron chi connectivity index (χ3n) is 0.681. The highest BCUT2D eigenvalue weighted by molar-refractivity contribution is 5.33. The fraction of sp³-hybridized carbons (Fsp3) is 0. The zero-order valence-electron chi connectivity index (χ0n) is 6.58. The molecule has 0 bridgehead atoms. The number of aromatic amines is 1. The van der Waals surface area contributed by atoms with E-state index in [4.69, 9.17) is 19.8 Å². The Balaban J connectivity index is 0. The van der Waals surface area contributed by atoms with E-state index in [0.717, 1.165) is 0 Å². The number of hydrogen-bond donors (Lipinski definition) is 3. The predicted molar refractivity (Wildman–Crippen MR) is 44.4 cm³/mol. The Kier molecular flexibility index (Phi) is 13.0. The van der Waals surface area contributed by atoms with Crippen molar-refractivity contribution in [1.29, 1.82) is 0 Å². The number of hydrogen-bond acceptors (Lipinski definition) is 3. The van der Waals surface area contributed by atoms with E-state index < -0.39 is 0 Å². The summed E-state index contributed by atoms with van der Waals surface area (Å²) in [6.07, 6.45) is 1.60. The van der Waals surface area contributed by atoms with E-state index in [1.54, 1.807) is 18.3 Å². The Morgan fingerprint density at radius 1 is 1.15 bits per heavy atom. The fourth-order valence-electron chi connectivity index (χ4n) is 0.377. The summed E-state index contributed by atoms with van der Waals surface area (Å²) in [4.78, 5) is 29.4. The monoisotopic (exact) mass is 187 g/mol. The van der Waals surface area contributed by atoms with Gasteiger partial charge in [0, 0.05) is 12.3 Å². The minimum Gasteiger partial charge on any atom is -0.483 e. The third-order valence-corrected chi connectivity index (χ3v) is 0.681. The number of rotatable bonds is 0. The summed E-state index contributed by atoms with van der Waals surface area (Å²) in [5, 5.41) is 13.8. The van der Waals surface area contributed by atoms with Gasteiger partial charge in [-0.1, -0.05) is 6.07 Å². The number of H-pyrrole nitrogens is 1. The van der Waals surface area contributed by atoms with Gasteiger partial charge in [-0.3, -0.25) is 14.4 Å². The van der Waals surface area contributed by atoms with Crippen LogP contribution in [-0.2, 0) is 9.59 Å². The molecule has 13 heavy (non-hydrogen) atoms. The van der Waals surface area contributed by atoms with Gasteiger partial charge in [0.1, 0.15) is 0 Å². The molecule has 1 rings (SSSR count). The fourth-order valence-corrected chi connectivity index (χ4v) is 0.377. The van der Waals surface area contributed by atoms with Gasteiger partial charge in [0.05, 0.1) is 0 Å². The van der Waals surface area contributed by atoms with Crippen LogP contribution < -0.4 is 5.56 Å². The lowest BCUT2D eigenvalue weighted by molar-refractivity contribution is -0.123. The first kappa shape index (κ1) is 13.5. The first-order valence-electron chi connectivity index (χ1n) is 3.02. The second-order valence-corrected chi connectivity index (χ2v) is 1.44. The van der Waals surface area contributed by atoms with Crippen LogP contribution in [0.15, 0.2) is 29.2 Å². The van der Waals surface area contributed by atoms with Gasteiger partial charge in [-0.2, -0.15) is 0 Å². The van der Waals surface area contributed by atoms with Crippen LogP contribution in [0.25, 0.3) is 0 Å². The van der Waals surface area contributed by atoms with Crippen LogP contribution >= 0.6 is 0 Å². The van der Waals surface area contributed by atoms with Gasteiger partial charge in [0.15, 0.2) is 0 Å². The third kappa shape index (κ3) is 17.7. The van der Waals surface area contributed by atoms with Crippen molar-refractivity contribution in [1.82, 2.24) is 4.98 Å². The smallest absolute Gasteiger partial charge is 0.290 e. The van der Waals surface area contributed by atoms with Crippen LogP contribution in [-0.4, -0.2) is 28.1 Å². The molecule has 0 saturated carbocycles. The van der Waals surface area contributed by atoms with Crippen molar-refractivity contribution in [3.63, 3.8) is 0 Å². The van der Waals surface area contributed by atoms with E-state index in [0.29, 0.717) is 0 Å². The molecule has 0 spiro atoms. The molecule has 6 nitrogen and oxygen atoms in total. The number of aromatic nitrogens is 1. The van der Waals surface area contributed by atoms with Crippen molar-refractivity contribution in [3.8, 4) is 0 Å². The van der Waals surface area contributed by atoms with Crippen molar-refractivity contribution in [2.24, 2.45) is 0 Å². The van der Waals surface area contributed by atoms with E-state index in [2.05, 4.69) is 4.98 Å². The number of nitrogens with one attached hydrogen (secondary N) is 1. The molecular weight excluding hydrogens is 178 g/mol. The SMILES string of the molecule is O=CO.O=CO.O=c1cccc[nH]1. The summed E-state index contributed by atoms with van der Waals surface area (Å²) >= 11 is 0. The second-order valence-electron chi connectivity index (χ2n) is 1.44. The molecular formula is C7H9NO5. The minimum absolute atomic E-state index is 0.0532. The van der Waals surface area contributed by atoms with E-state index in [9.17, 15) is 4.79 Å². The molecule has 0 aliphatic carbocycles. The molecule has 0 atom stereocenters. The Bertz CT molecular complexity index is 246. The summed E-state index contributed by atoms with van der Waals surface area (Å²) in [7, 11) is 0. The van der Waals surface area contributed by atoms with E-state index in [1.165, 1.54) is 6.07 Å². The average molecular weight is 187 g/mol. The van der Waals surface area contributed by atoms with Crippen LogP contribution in [0.2, 0.25) is 0 Å². The average Bonchev–Trinajstić information content (AvgIpc) is 2.08. The van der Waals surface area contributed by atoms with Crippen molar-refractivity contribution >= 4 is 12.9 Å². The molecule has 1 heterocycles. The van der Waals surface area contributed by atoms with Crippen LogP contribution in [0.3, 0.4) is 0 Å². The molecule has 0 fully saturated rings. The van der Waals surface area contributed by atoms with Crippen molar-refractivity contribution in [2.45, 2.75) is 0 Å². The maximum absolute atomic E-state index is 10.2. The molecule has 72 valence electrons. The standard InChI is InChI=1S/C5H5NO.2CH2O2/c7-5-3-1-2-4-6-5;2*2-1-3/h1-4H,(H,6,7);2*1H,(H,2,3). The molecule has 0 aliphatic heterocycles. The first-order chi connectivity index (χ1) is 6.22. The zero-order chi connectivity index (χ0) is 10.5. The van der Waals surface area contributed by atoms with Crippen LogP contribution in [0, 0.1) is 0 Å². The quantitative estimate of drug-likeness (QED) is 0.486. The van der Waals surface area contributed by atoms with Gasteiger partial charge < -0.3 is 15.2 Å².